The number of benzene rings is 2. The monoisotopic (exact) mass is 296 g/mol. The lowest BCUT2D eigenvalue weighted by Gasteiger charge is -1.93. The third-order valence-electron chi connectivity index (χ3n) is 3.57. The van der Waals surface area contributed by atoms with Crippen LogP contribution in [-0.4, -0.2) is 0 Å². The van der Waals surface area contributed by atoms with Gasteiger partial charge >= 0.3 is 0 Å². The summed E-state index contributed by atoms with van der Waals surface area (Å²) in [5.74, 6) is 0. The molecular formula is C16H8S3. The van der Waals surface area contributed by atoms with Crippen LogP contribution in [0.15, 0.2) is 47.8 Å². The van der Waals surface area contributed by atoms with Gasteiger partial charge in [-0.1, -0.05) is 18.2 Å². The van der Waals surface area contributed by atoms with Gasteiger partial charge in [-0.05, 0) is 29.6 Å². The first-order chi connectivity index (χ1) is 9.40. The Hall–Kier alpha value is -1.42. The van der Waals surface area contributed by atoms with Crippen LogP contribution >= 0.6 is 34.0 Å². The quantitative estimate of drug-likeness (QED) is 0.306. The lowest BCUT2D eigenvalue weighted by molar-refractivity contribution is 1.87. The highest BCUT2D eigenvalue weighted by atomic mass is 32.1. The molecule has 3 heteroatoms. The Morgan fingerprint density at radius 2 is 1.42 bits per heavy atom. The lowest BCUT2D eigenvalue weighted by atomic mass is 10.1. The van der Waals surface area contributed by atoms with Crippen molar-refractivity contribution >= 4 is 73.7 Å². The summed E-state index contributed by atoms with van der Waals surface area (Å²) in [7, 11) is 0. The van der Waals surface area contributed by atoms with Crippen LogP contribution < -0.4 is 0 Å². The summed E-state index contributed by atoms with van der Waals surface area (Å²) in [5, 5.41) is 6.41. The van der Waals surface area contributed by atoms with Crippen molar-refractivity contribution in [3.05, 3.63) is 47.8 Å². The van der Waals surface area contributed by atoms with Gasteiger partial charge in [-0.25, -0.2) is 0 Å². The zero-order valence-corrected chi connectivity index (χ0v) is 12.3. The maximum Gasteiger partial charge on any atom is 0.0529 e. The Labute approximate surface area is 121 Å². The van der Waals surface area contributed by atoms with Crippen LogP contribution in [0.25, 0.3) is 39.7 Å². The molecule has 0 unspecified atom stereocenters. The molecule has 0 aliphatic rings. The van der Waals surface area contributed by atoms with Crippen LogP contribution in [-0.2, 0) is 0 Å². The van der Waals surface area contributed by atoms with Gasteiger partial charge in [-0.15, -0.1) is 34.0 Å². The minimum absolute atomic E-state index is 1.39. The molecule has 0 saturated heterocycles. The van der Waals surface area contributed by atoms with Crippen molar-refractivity contribution in [2.75, 3.05) is 0 Å². The first-order valence-corrected chi connectivity index (χ1v) is 8.62. The van der Waals surface area contributed by atoms with Crippen molar-refractivity contribution < 1.29 is 0 Å². The summed E-state index contributed by atoms with van der Waals surface area (Å²) in [6.45, 7) is 0. The molecule has 0 fully saturated rings. The fraction of sp³-hybridized carbons (Fsp3) is 0. The Morgan fingerprint density at radius 1 is 0.632 bits per heavy atom. The highest BCUT2D eigenvalue weighted by molar-refractivity contribution is 7.32. The molecule has 0 saturated carbocycles. The second-order valence-corrected chi connectivity index (χ2v) is 7.74. The molecule has 5 rings (SSSR count). The van der Waals surface area contributed by atoms with Gasteiger partial charge < -0.3 is 0 Å². The topological polar surface area (TPSA) is 0 Å². The molecular weight excluding hydrogens is 288 g/mol. The largest absolute Gasteiger partial charge is 0.142 e. The molecule has 3 aromatic heterocycles. The summed E-state index contributed by atoms with van der Waals surface area (Å²) in [6.07, 6.45) is 0. The van der Waals surface area contributed by atoms with Crippen molar-refractivity contribution in [2.24, 2.45) is 0 Å². The molecule has 0 bridgehead atoms. The third-order valence-corrected chi connectivity index (χ3v) is 6.90. The average molecular weight is 296 g/mol. The van der Waals surface area contributed by atoms with Crippen molar-refractivity contribution in [3.63, 3.8) is 0 Å². The molecule has 19 heavy (non-hydrogen) atoms. The molecule has 0 atom stereocenters. The van der Waals surface area contributed by atoms with E-state index in [2.05, 4.69) is 47.8 Å². The molecule has 3 heterocycles. The van der Waals surface area contributed by atoms with E-state index in [1.807, 2.05) is 34.0 Å². The normalized spacial score (nSPS) is 12.2. The van der Waals surface area contributed by atoms with Crippen LogP contribution in [0.4, 0.5) is 0 Å². The highest BCUT2D eigenvalue weighted by Gasteiger charge is 2.10. The minimum atomic E-state index is 1.39. The number of hydrogen-bond acceptors (Lipinski definition) is 3. The third kappa shape index (κ3) is 1.32. The summed E-state index contributed by atoms with van der Waals surface area (Å²) in [6, 6.07) is 15.7. The van der Waals surface area contributed by atoms with E-state index in [4.69, 9.17) is 0 Å². The Morgan fingerprint density at radius 3 is 2.42 bits per heavy atom. The summed E-state index contributed by atoms with van der Waals surface area (Å²) < 4.78 is 7.07. The van der Waals surface area contributed by atoms with Gasteiger partial charge in [0.25, 0.3) is 0 Å². The molecule has 2 aromatic carbocycles. The van der Waals surface area contributed by atoms with Crippen LogP contribution in [0.2, 0.25) is 0 Å². The number of hydrogen-bond donors (Lipinski definition) is 0. The Balaban J connectivity index is 2.07. The summed E-state index contributed by atoms with van der Waals surface area (Å²) in [5.41, 5.74) is 0. The first kappa shape index (κ1) is 10.4. The Kier molecular flexibility index (Phi) is 1.95. The number of thiophene rings is 3. The van der Waals surface area contributed by atoms with Gasteiger partial charge in [0.1, 0.15) is 0 Å². The van der Waals surface area contributed by atoms with Crippen LogP contribution in [0.3, 0.4) is 0 Å². The maximum atomic E-state index is 2.38. The van der Waals surface area contributed by atoms with E-state index in [-0.39, 0.29) is 0 Å². The van der Waals surface area contributed by atoms with Crippen molar-refractivity contribution in [1.29, 1.82) is 0 Å². The van der Waals surface area contributed by atoms with E-state index in [1.54, 1.807) is 0 Å². The van der Waals surface area contributed by atoms with Gasteiger partial charge in [-0.2, -0.15) is 0 Å². The predicted molar refractivity (Wildman–Crippen MR) is 90.1 cm³/mol. The van der Waals surface area contributed by atoms with E-state index in [9.17, 15) is 0 Å². The van der Waals surface area contributed by atoms with Gasteiger partial charge in [-0.3, -0.25) is 0 Å². The number of fused-ring (bicyclic) bond motifs is 6. The smallest absolute Gasteiger partial charge is 0.0529 e. The fourth-order valence-electron chi connectivity index (χ4n) is 2.71. The van der Waals surface area contributed by atoms with Gasteiger partial charge in [0.05, 0.1) is 4.70 Å². The van der Waals surface area contributed by atoms with Crippen LogP contribution in [0, 0.1) is 0 Å². The number of rotatable bonds is 0. The molecule has 0 spiro atoms. The predicted octanol–water partition coefficient (Wildman–Crippen LogP) is 6.48. The standard InChI is InChI=1S/C16H8S3/c1-2-4-12-9(3-1)10-7-15-11(8-14(10)18-12)16-13(19-15)5-6-17-16/h1-8H. The van der Waals surface area contributed by atoms with E-state index in [0.717, 1.165) is 0 Å². The molecule has 0 nitrogen and oxygen atoms in total. The van der Waals surface area contributed by atoms with Crippen LogP contribution in [0.5, 0.6) is 0 Å². The Bertz CT molecular complexity index is 1060. The van der Waals surface area contributed by atoms with E-state index >= 15 is 0 Å². The molecule has 0 aliphatic carbocycles. The second kappa shape index (κ2) is 3.57. The van der Waals surface area contributed by atoms with Gasteiger partial charge in [0, 0.05) is 35.0 Å². The molecule has 5 aromatic rings. The maximum absolute atomic E-state index is 2.38. The van der Waals surface area contributed by atoms with E-state index < -0.39 is 0 Å². The molecule has 0 aliphatic heterocycles. The summed E-state index contributed by atoms with van der Waals surface area (Å²) >= 11 is 5.66. The lowest BCUT2D eigenvalue weighted by Crippen LogP contribution is -1.66. The highest BCUT2D eigenvalue weighted by Crippen LogP contribution is 2.42. The van der Waals surface area contributed by atoms with Gasteiger partial charge in [0.15, 0.2) is 0 Å². The zero-order chi connectivity index (χ0) is 12.4. The van der Waals surface area contributed by atoms with Crippen molar-refractivity contribution in [2.45, 2.75) is 0 Å². The fourth-order valence-corrected chi connectivity index (χ4v) is 6.10. The first-order valence-electron chi connectivity index (χ1n) is 6.11. The SMILES string of the molecule is c1ccc2c(c1)sc1cc3c(cc12)sc1ccsc13. The molecule has 0 N–H and O–H groups in total. The molecule has 90 valence electrons. The zero-order valence-electron chi connectivity index (χ0n) is 9.84. The van der Waals surface area contributed by atoms with Crippen LogP contribution in [0.1, 0.15) is 0 Å². The molecule has 0 amide bonds. The van der Waals surface area contributed by atoms with E-state index in [1.165, 1.54) is 39.7 Å². The second-order valence-electron chi connectivity index (χ2n) is 4.66. The molecule has 0 radical (unpaired) electrons. The minimum Gasteiger partial charge on any atom is -0.142 e. The van der Waals surface area contributed by atoms with Crippen molar-refractivity contribution in [1.82, 2.24) is 0 Å². The van der Waals surface area contributed by atoms with Crippen molar-refractivity contribution in [3.8, 4) is 0 Å². The average Bonchev–Trinajstić information content (AvgIpc) is 3.08. The van der Waals surface area contributed by atoms with E-state index in [0.29, 0.717) is 0 Å². The summed E-state index contributed by atoms with van der Waals surface area (Å²) in [4.78, 5) is 0. The van der Waals surface area contributed by atoms with Gasteiger partial charge in [0.2, 0.25) is 0 Å².